The topological polar surface area (TPSA) is 18.5 Å². The standard InChI is InChI=1S/C13H29N3/c1-5-16(8-6-7-15(3)4)13-9-12(2)10-14-11-13/h12-14H,5-11H2,1-4H3. The Morgan fingerprint density at radius 2 is 1.94 bits per heavy atom. The zero-order chi connectivity index (χ0) is 12.0. The second-order valence-corrected chi connectivity index (χ2v) is 5.44. The molecule has 1 heterocycles. The summed E-state index contributed by atoms with van der Waals surface area (Å²) < 4.78 is 0. The molecule has 1 N–H and O–H groups in total. The smallest absolute Gasteiger partial charge is 0.0223 e. The maximum Gasteiger partial charge on any atom is 0.0223 e. The SMILES string of the molecule is CCN(CCCN(C)C)C1CNCC(C)C1. The van der Waals surface area contributed by atoms with Gasteiger partial charge in [0.15, 0.2) is 0 Å². The van der Waals surface area contributed by atoms with E-state index in [1.54, 1.807) is 0 Å². The molecule has 1 aliphatic rings. The summed E-state index contributed by atoms with van der Waals surface area (Å²) in [7, 11) is 4.31. The number of nitrogens with one attached hydrogen (secondary N) is 1. The summed E-state index contributed by atoms with van der Waals surface area (Å²) in [6, 6.07) is 0.760. The predicted molar refractivity (Wildman–Crippen MR) is 70.9 cm³/mol. The lowest BCUT2D eigenvalue weighted by atomic mass is 9.96. The van der Waals surface area contributed by atoms with Crippen molar-refractivity contribution < 1.29 is 0 Å². The third-order valence-corrected chi connectivity index (χ3v) is 3.52. The Bertz CT molecular complexity index is 182. The molecule has 16 heavy (non-hydrogen) atoms. The Morgan fingerprint density at radius 3 is 2.50 bits per heavy atom. The molecule has 2 unspecified atom stereocenters. The van der Waals surface area contributed by atoms with Crippen molar-refractivity contribution in [2.75, 3.05) is 46.8 Å². The molecule has 0 radical (unpaired) electrons. The molecular formula is C13H29N3. The van der Waals surface area contributed by atoms with Crippen LogP contribution in [0.4, 0.5) is 0 Å². The molecule has 1 fully saturated rings. The molecule has 0 aromatic rings. The molecule has 0 spiro atoms. The molecule has 0 bridgehead atoms. The number of hydrogen-bond donors (Lipinski definition) is 1. The first-order chi connectivity index (χ1) is 7.63. The zero-order valence-corrected chi connectivity index (χ0v) is 11.5. The van der Waals surface area contributed by atoms with E-state index in [2.05, 4.69) is 43.1 Å². The van der Waals surface area contributed by atoms with Crippen LogP contribution in [0, 0.1) is 5.92 Å². The average Bonchev–Trinajstić information content (AvgIpc) is 2.24. The molecule has 3 heteroatoms. The van der Waals surface area contributed by atoms with E-state index >= 15 is 0 Å². The van der Waals surface area contributed by atoms with Gasteiger partial charge in [-0.1, -0.05) is 13.8 Å². The second kappa shape index (κ2) is 7.25. The predicted octanol–water partition coefficient (Wildman–Crippen LogP) is 1.26. The molecule has 1 saturated heterocycles. The molecule has 2 atom stereocenters. The van der Waals surface area contributed by atoms with Gasteiger partial charge in [0.1, 0.15) is 0 Å². The molecule has 96 valence electrons. The second-order valence-electron chi connectivity index (χ2n) is 5.44. The average molecular weight is 227 g/mol. The lowest BCUT2D eigenvalue weighted by Gasteiger charge is -2.36. The number of hydrogen-bond acceptors (Lipinski definition) is 3. The largest absolute Gasteiger partial charge is 0.315 e. The van der Waals surface area contributed by atoms with Crippen LogP contribution in [-0.4, -0.2) is 62.7 Å². The van der Waals surface area contributed by atoms with Crippen LogP contribution >= 0.6 is 0 Å². The quantitative estimate of drug-likeness (QED) is 0.737. The molecule has 0 aromatic carbocycles. The van der Waals surface area contributed by atoms with Crippen LogP contribution in [0.25, 0.3) is 0 Å². The van der Waals surface area contributed by atoms with Gasteiger partial charge in [0.25, 0.3) is 0 Å². The summed E-state index contributed by atoms with van der Waals surface area (Å²) in [4.78, 5) is 4.92. The lowest BCUT2D eigenvalue weighted by molar-refractivity contribution is 0.147. The van der Waals surface area contributed by atoms with Gasteiger partial charge < -0.3 is 10.2 Å². The van der Waals surface area contributed by atoms with E-state index in [9.17, 15) is 0 Å². The molecule has 0 amide bonds. The van der Waals surface area contributed by atoms with Crippen LogP contribution in [0.3, 0.4) is 0 Å². The Morgan fingerprint density at radius 1 is 1.19 bits per heavy atom. The van der Waals surface area contributed by atoms with Gasteiger partial charge in [0.2, 0.25) is 0 Å². The number of likely N-dealkylation sites (N-methyl/N-ethyl adjacent to an activating group) is 1. The van der Waals surface area contributed by atoms with Crippen LogP contribution in [0.1, 0.15) is 26.7 Å². The molecule has 0 saturated carbocycles. The van der Waals surface area contributed by atoms with Crippen molar-refractivity contribution in [3.8, 4) is 0 Å². The van der Waals surface area contributed by atoms with E-state index in [-0.39, 0.29) is 0 Å². The van der Waals surface area contributed by atoms with Crippen molar-refractivity contribution >= 4 is 0 Å². The van der Waals surface area contributed by atoms with E-state index in [0.29, 0.717) is 0 Å². The Labute approximate surface area is 101 Å². The first-order valence-electron chi connectivity index (χ1n) is 6.73. The highest BCUT2D eigenvalue weighted by molar-refractivity contribution is 4.81. The fourth-order valence-electron chi connectivity index (χ4n) is 2.59. The highest BCUT2D eigenvalue weighted by atomic mass is 15.2. The van der Waals surface area contributed by atoms with E-state index in [1.165, 1.54) is 45.6 Å². The summed E-state index contributed by atoms with van der Waals surface area (Å²) in [6.45, 7) is 10.7. The van der Waals surface area contributed by atoms with Gasteiger partial charge in [-0.2, -0.15) is 0 Å². The monoisotopic (exact) mass is 227 g/mol. The van der Waals surface area contributed by atoms with Gasteiger partial charge in [-0.3, -0.25) is 4.90 Å². The Balaban J connectivity index is 2.28. The van der Waals surface area contributed by atoms with E-state index in [0.717, 1.165) is 12.0 Å². The van der Waals surface area contributed by atoms with Gasteiger partial charge in [-0.05, 0) is 59.0 Å². The van der Waals surface area contributed by atoms with Crippen molar-refractivity contribution in [2.24, 2.45) is 5.92 Å². The molecule has 1 rings (SSSR count). The Hall–Kier alpha value is -0.120. The number of rotatable bonds is 6. The van der Waals surface area contributed by atoms with Crippen molar-refractivity contribution in [2.45, 2.75) is 32.7 Å². The summed E-state index contributed by atoms with van der Waals surface area (Å²) in [6.07, 6.45) is 2.65. The summed E-state index contributed by atoms with van der Waals surface area (Å²) >= 11 is 0. The van der Waals surface area contributed by atoms with Gasteiger partial charge in [0.05, 0.1) is 0 Å². The number of nitrogens with zero attached hydrogens (tertiary/aromatic N) is 2. The lowest BCUT2D eigenvalue weighted by Crippen LogP contribution is -2.49. The van der Waals surface area contributed by atoms with Gasteiger partial charge >= 0.3 is 0 Å². The molecule has 0 aliphatic carbocycles. The van der Waals surface area contributed by atoms with Crippen LogP contribution in [-0.2, 0) is 0 Å². The van der Waals surface area contributed by atoms with E-state index in [4.69, 9.17) is 0 Å². The molecule has 0 aromatic heterocycles. The Kier molecular flexibility index (Phi) is 6.32. The van der Waals surface area contributed by atoms with Crippen molar-refractivity contribution in [1.29, 1.82) is 0 Å². The third-order valence-electron chi connectivity index (χ3n) is 3.52. The molecular weight excluding hydrogens is 198 g/mol. The minimum absolute atomic E-state index is 0.760. The van der Waals surface area contributed by atoms with Crippen LogP contribution in [0.5, 0.6) is 0 Å². The zero-order valence-electron chi connectivity index (χ0n) is 11.5. The molecule has 1 aliphatic heterocycles. The normalized spacial score (nSPS) is 26.6. The van der Waals surface area contributed by atoms with Crippen LogP contribution in [0.2, 0.25) is 0 Å². The maximum atomic E-state index is 3.55. The van der Waals surface area contributed by atoms with Gasteiger partial charge in [-0.25, -0.2) is 0 Å². The number of piperidine rings is 1. The maximum absolute atomic E-state index is 3.55. The minimum Gasteiger partial charge on any atom is -0.315 e. The first kappa shape index (κ1) is 13.9. The van der Waals surface area contributed by atoms with Crippen LogP contribution in [0.15, 0.2) is 0 Å². The van der Waals surface area contributed by atoms with E-state index in [1.807, 2.05) is 0 Å². The van der Waals surface area contributed by atoms with Crippen molar-refractivity contribution in [3.05, 3.63) is 0 Å². The molecule has 3 nitrogen and oxygen atoms in total. The van der Waals surface area contributed by atoms with Crippen molar-refractivity contribution in [3.63, 3.8) is 0 Å². The third kappa shape index (κ3) is 4.81. The summed E-state index contributed by atoms with van der Waals surface area (Å²) in [5.74, 6) is 0.835. The van der Waals surface area contributed by atoms with Crippen molar-refractivity contribution in [1.82, 2.24) is 15.1 Å². The van der Waals surface area contributed by atoms with Crippen LogP contribution < -0.4 is 5.32 Å². The first-order valence-corrected chi connectivity index (χ1v) is 6.73. The fourth-order valence-corrected chi connectivity index (χ4v) is 2.59. The summed E-state index contributed by atoms with van der Waals surface area (Å²) in [5.41, 5.74) is 0. The van der Waals surface area contributed by atoms with Gasteiger partial charge in [0, 0.05) is 12.6 Å². The highest BCUT2D eigenvalue weighted by Crippen LogP contribution is 2.15. The minimum atomic E-state index is 0.760. The van der Waals surface area contributed by atoms with E-state index < -0.39 is 0 Å². The summed E-state index contributed by atoms with van der Waals surface area (Å²) in [5, 5.41) is 3.55. The highest BCUT2D eigenvalue weighted by Gasteiger charge is 2.22. The van der Waals surface area contributed by atoms with Gasteiger partial charge in [-0.15, -0.1) is 0 Å². The fraction of sp³-hybridized carbons (Fsp3) is 1.00.